The SMILES string of the molecule is CC(=NNC(=O)c1ccccc1OCCOc1ccccc1)c1cccs1. The molecular formula is C21H20N2O3S. The van der Waals surface area contributed by atoms with E-state index in [2.05, 4.69) is 10.5 Å². The molecule has 3 rings (SSSR count). The quantitative estimate of drug-likeness (QED) is 0.359. The van der Waals surface area contributed by atoms with Gasteiger partial charge in [-0.1, -0.05) is 36.4 Å². The maximum absolute atomic E-state index is 12.5. The van der Waals surface area contributed by atoms with Gasteiger partial charge in [-0.25, -0.2) is 5.43 Å². The molecule has 0 aliphatic carbocycles. The van der Waals surface area contributed by atoms with E-state index < -0.39 is 0 Å². The van der Waals surface area contributed by atoms with Crippen molar-refractivity contribution in [2.75, 3.05) is 13.2 Å². The molecule has 1 aromatic heterocycles. The van der Waals surface area contributed by atoms with Crippen LogP contribution in [0.15, 0.2) is 77.2 Å². The van der Waals surface area contributed by atoms with E-state index in [0.29, 0.717) is 24.5 Å². The van der Waals surface area contributed by atoms with Crippen LogP contribution >= 0.6 is 11.3 Å². The third kappa shape index (κ3) is 5.43. The van der Waals surface area contributed by atoms with Crippen LogP contribution in [-0.4, -0.2) is 24.8 Å². The number of nitrogens with one attached hydrogen (secondary N) is 1. The lowest BCUT2D eigenvalue weighted by Gasteiger charge is -2.11. The molecule has 0 aliphatic heterocycles. The van der Waals surface area contributed by atoms with Crippen molar-refractivity contribution < 1.29 is 14.3 Å². The normalized spacial score (nSPS) is 11.1. The Balaban J connectivity index is 1.56. The molecule has 1 N–H and O–H groups in total. The first-order chi connectivity index (χ1) is 13.2. The molecule has 5 nitrogen and oxygen atoms in total. The van der Waals surface area contributed by atoms with Crippen molar-refractivity contribution in [1.29, 1.82) is 0 Å². The molecule has 0 saturated heterocycles. The molecule has 2 aromatic carbocycles. The van der Waals surface area contributed by atoms with E-state index in [-0.39, 0.29) is 5.91 Å². The Morgan fingerprint density at radius 2 is 1.70 bits per heavy atom. The standard InChI is InChI=1S/C21H20N2O3S/c1-16(20-12-7-15-27-20)22-23-21(24)18-10-5-6-11-19(18)26-14-13-25-17-8-3-2-4-9-17/h2-12,15H,13-14H2,1H3,(H,23,24). The second-order valence-corrected chi connectivity index (χ2v) is 6.57. The van der Waals surface area contributed by atoms with E-state index in [1.165, 1.54) is 0 Å². The minimum absolute atomic E-state index is 0.314. The van der Waals surface area contributed by atoms with Crippen LogP contribution in [0.25, 0.3) is 0 Å². The largest absolute Gasteiger partial charge is 0.490 e. The van der Waals surface area contributed by atoms with Gasteiger partial charge in [0.15, 0.2) is 0 Å². The van der Waals surface area contributed by atoms with E-state index in [0.717, 1.165) is 16.3 Å². The topological polar surface area (TPSA) is 59.9 Å². The van der Waals surface area contributed by atoms with Gasteiger partial charge in [0.2, 0.25) is 0 Å². The van der Waals surface area contributed by atoms with Crippen LogP contribution in [0.2, 0.25) is 0 Å². The number of thiophene rings is 1. The van der Waals surface area contributed by atoms with E-state index in [4.69, 9.17) is 9.47 Å². The van der Waals surface area contributed by atoms with Gasteiger partial charge in [0.05, 0.1) is 11.3 Å². The number of rotatable bonds is 8. The summed E-state index contributed by atoms with van der Waals surface area (Å²) < 4.78 is 11.3. The average Bonchev–Trinajstić information content (AvgIpc) is 3.25. The third-order valence-corrected chi connectivity index (χ3v) is 4.67. The number of amides is 1. The van der Waals surface area contributed by atoms with Crippen molar-refractivity contribution >= 4 is 23.0 Å². The minimum Gasteiger partial charge on any atom is -0.490 e. The van der Waals surface area contributed by atoms with Gasteiger partial charge >= 0.3 is 0 Å². The Hall–Kier alpha value is -3.12. The summed E-state index contributed by atoms with van der Waals surface area (Å²) >= 11 is 1.57. The van der Waals surface area contributed by atoms with Crippen molar-refractivity contribution in [2.45, 2.75) is 6.92 Å². The van der Waals surface area contributed by atoms with Crippen LogP contribution < -0.4 is 14.9 Å². The van der Waals surface area contributed by atoms with Crippen molar-refractivity contribution in [2.24, 2.45) is 5.10 Å². The average molecular weight is 380 g/mol. The van der Waals surface area contributed by atoms with Crippen LogP contribution in [-0.2, 0) is 0 Å². The Morgan fingerprint density at radius 1 is 0.963 bits per heavy atom. The van der Waals surface area contributed by atoms with Gasteiger partial charge in [0.25, 0.3) is 5.91 Å². The van der Waals surface area contributed by atoms with Crippen LogP contribution in [0.1, 0.15) is 22.2 Å². The Labute approximate surface area is 162 Å². The molecule has 6 heteroatoms. The van der Waals surface area contributed by atoms with Crippen LogP contribution in [0.5, 0.6) is 11.5 Å². The molecule has 0 fully saturated rings. The zero-order valence-corrected chi connectivity index (χ0v) is 15.7. The lowest BCUT2D eigenvalue weighted by atomic mass is 10.2. The number of ether oxygens (including phenoxy) is 2. The van der Waals surface area contributed by atoms with E-state index in [1.807, 2.05) is 60.8 Å². The summed E-state index contributed by atoms with van der Waals surface area (Å²) in [7, 11) is 0. The first-order valence-corrected chi connectivity index (χ1v) is 9.40. The predicted octanol–water partition coefficient (Wildman–Crippen LogP) is 4.36. The van der Waals surface area contributed by atoms with E-state index in [1.54, 1.807) is 29.5 Å². The van der Waals surface area contributed by atoms with Gasteiger partial charge in [-0.15, -0.1) is 11.3 Å². The van der Waals surface area contributed by atoms with Gasteiger partial charge in [-0.3, -0.25) is 4.79 Å². The lowest BCUT2D eigenvalue weighted by Crippen LogP contribution is -2.20. The fourth-order valence-electron chi connectivity index (χ4n) is 2.34. The molecule has 0 aliphatic rings. The summed E-state index contributed by atoms with van der Waals surface area (Å²) in [4.78, 5) is 13.5. The second-order valence-electron chi connectivity index (χ2n) is 5.62. The maximum Gasteiger partial charge on any atom is 0.275 e. The molecule has 1 heterocycles. The van der Waals surface area contributed by atoms with Crippen LogP contribution in [0.4, 0.5) is 0 Å². The molecule has 27 heavy (non-hydrogen) atoms. The van der Waals surface area contributed by atoms with Crippen molar-refractivity contribution in [1.82, 2.24) is 5.43 Å². The van der Waals surface area contributed by atoms with Crippen molar-refractivity contribution in [3.8, 4) is 11.5 Å². The third-order valence-electron chi connectivity index (χ3n) is 3.69. The highest BCUT2D eigenvalue weighted by molar-refractivity contribution is 7.12. The molecule has 0 bridgehead atoms. The Kier molecular flexibility index (Phi) is 6.60. The maximum atomic E-state index is 12.5. The number of hydrogen-bond acceptors (Lipinski definition) is 5. The van der Waals surface area contributed by atoms with Gasteiger partial charge in [0, 0.05) is 4.88 Å². The number of nitrogens with zero attached hydrogens (tertiary/aromatic N) is 1. The molecule has 0 spiro atoms. The molecule has 3 aromatic rings. The molecule has 0 radical (unpaired) electrons. The minimum atomic E-state index is -0.314. The number of carbonyl (C=O) groups is 1. The predicted molar refractivity (Wildman–Crippen MR) is 108 cm³/mol. The summed E-state index contributed by atoms with van der Waals surface area (Å²) in [6.45, 7) is 2.57. The Bertz CT molecular complexity index is 893. The highest BCUT2D eigenvalue weighted by Gasteiger charge is 2.12. The van der Waals surface area contributed by atoms with Gasteiger partial charge in [-0.05, 0) is 42.6 Å². The fraction of sp³-hybridized carbons (Fsp3) is 0.143. The fourth-order valence-corrected chi connectivity index (χ4v) is 3.02. The smallest absolute Gasteiger partial charge is 0.275 e. The zero-order chi connectivity index (χ0) is 18.9. The number of benzene rings is 2. The monoisotopic (exact) mass is 380 g/mol. The number of carbonyl (C=O) groups excluding carboxylic acids is 1. The number of hydrazone groups is 1. The molecule has 0 saturated carbocycles. The molecule has 138 valence electrons. The van der Waals surface area contributed by atoms with E-state index in [9.17, 15) is 4.79 Å². The molecule has 0 unspecified atom stereocenters. The van der Waals surface area contributed by atoms with E-state index >= 15 is 0 Å². The van der Waals surface area contributed by atoms with Crippen molar-refractivity contribution in [3.05, 3.63) is 82.6 Å². The van der Waals surface area contributed by atoms with Crippen LogP contribution in [0, 0.1) is 0 Å². The lowest BCUT2D eigenvalue weighted by molar-refractivity contribution is 0.0949. The first-order valence-electron chi connectivity index (χ1n) is 8.52. The summed E-state index contributed by atoms with van der Waals surface area (Å²) in [6, 6.07) is 20.5. The number of para-hydroxylation sites is 2. The zero-order valence-electron chi connectivity index (χ0n) is 14.9. The second kappa shape index (κ2) is 9.54. The highest BCUT2D eigenvalue weighted by Crippen LogP contribution is 2.18. The molecule has 0 atom stereocenters. The van der Waals surface area contributed by atoms with Gasteiger partial charge in [-0.2, -0.15) is 5.10 Å². The number of hydrogen-bond donors (Lipinski definition) is 1. The van der Waals surface area contributed by atoms with Gasteiger partial charge in [0.1, 0.15) is 24.7 Å². The molecule has 1 amide bonds. The summed E-state index contributed by atoms with van der Waals surface area (Å²) in [6.07, 6.45) is 0. The summed E-state index contributed by atoms with van der Waals surface area (Å²) in [5.41, 5.74) is 3.78. The first kappa shape index (κ1) is 18.7. The Morgan fingerprint density at radius 3 is 2.48 bits per heavy atom. The summed E-state index contributed by atoms with van der Waals surface area (Å²) in [5.74, 6) is 0.964. The summed E-state index contributed by atoms with van der Waals surface area (Å²) in [5, 5.41) is 6.14. The van der Waals surface area contributed by atoms with Gasteiger partial charge < -0.3 is 9.47 Å². The van der Waals surface area contributed by atoms with Crippen molar-refractivity contribution in [3.63, 3.8) is 0 Å². The molecular weight excluding hydrogens is 360 g/mol. The highest BCUT2D eigenvalue weighted by atomic mass is 32.1. The van der Waals surface area contributed by atoms with Crippen LogP contribution in [0.3, 0.4) is 0 Å².